The Bertz CT molecular complexity index is 1040. The number of rotatable bonds is 2. The molecular weight excluding hydrogens is 359 g/mol. The van der Waals surface area contributed by atoms with Crippen LogP contribution < -0.4 is 11.2 Å². The van der Waals surface area contributed by atoms with E-state index >= 15 is 0 Å². The van der Waals surface area contributed by atoms with Crippen LogP contribution in [0.2, 0.25) is 0 Å². The first-order valence-electron chi connectivity index (χ1n) is 9.22. The molecule has 1 fully saturated rings. The third-order valence-corrected chi connectivity index (χ3v) is 5.80. The van der Waals surface area contributed by atoms with Crippen molar-refractivity contribution < 1.29 is 18.1 Å². The molecule has 0 unspecified atom stereocenters. The van der Waals surface area contributed by atoms with Crippen LogP contribution in [0.3, 0.4) is 0 Å². The molecule has 0 radical (unpaired) electrons. The highest BCUT2D eigenvalue weighted by Gasteiger charge is 2.51. The van der Waals surface area contributed by atoms with E-state index in [0.29, 0.717) is 11.1 Å². The molecule has 1 aliphatic heterocycles. The van der Waals surface area contributed by atoms with Gasteiger partial charge in [0.1, 0.15) is 17.3 Å². The minimum atomic E-state index is -0.758. The van der Waals surface area contributed by atoms with Crippen LogP contribution in [-0.4, -0.2) is 18.3 Å². The van der Waals surface area contributed by atoms with E-state index in [2.05, 4.69) is 0 Å². The lowest BCUT2D eigenvalue weighted by atomic mass is 9.78. The minimum Gasteiger partial charge on any atom is -0.399 e. The molecule has 1 heterocycles. The molecule has 2 N–H and O–H groups in total. The molecule has 0 bridgehead atoms. The standard InChI is InChI=1S/C22H22BF2NO2/c1-21(2)22(3,4)28-23(27-21)17-8-7-13-9-14(5-6-15(13)10-17)16-11-18(24)20(26)19(25)12-16/h5-12H,26H2,1-4H3. The number of halogens is 2. The van der Waals surface area contributed by atoms with Crippen LogP contribution in [0.1, 0.15) is 27.7 Å². The van der Waals surface area contributed by atoms with Gasteiger partial charge in [0.2, 0.25) is 0 Å². The molecule has 4 rings (SSSR count). The number of nitrogen functional groups attached to an aromatic ring is 1. The van der Waals surface area contributed by atoms with Gasteiger partial charge in [0, 0.05) is 0 Å². The van der Waals surface area contributed by atoms with E-state index in [4.69, 9.17) is 15.0 Å². The summed E-state index contributed by atoms with van der Waals surface area (Å²) in [6.07, 6.45) is 0. The summed E-state index contributed by atoms with van der Waals surface area (Å²) < 4.78 is 39.8. The first-order valence-corrected chi connectivity index (χ1v) is 9.22. The summed E-state index contributed by atoms with van der Waals surface area (Å²) in [7, 11) is -0.436. The van der Waals surface area contributed by atoms with Crippen molar-refractivity contribution in [2.24, 2.45) is 0 Å². The van der Waals surface area contributed by atoms with Crippen LogP contribution in [0, 0.1) is 11.6 Å². The average molecular weight is 381 g/mol. The Morgan fingerprint density at radius 3 is 1.89 bits per heavy atom. The monoisotopic (exact) mass is 381 g/mol. The maximum atomic E-state index is 13.8. The normalized spacial score (nSPS) is 18.0. The third kappa shape index (κ3) is 3.07. The predicted molar refractivity (Wildman–Crippen MR) is 109 cm³/mol. The van der Waals surface area contributed by atoms with Crippen LogP contribution in [-0.2, 0) is 9.31 Å². The first kappa shape index (κ1) is 18.9. The minimum absolute atomic E-state index is 0.403. The zero-order valence-electron chi connectivity index (χ0n) is 16.3. The number of fused-ring (bicyclic) bond motifs is 1. The lowest BCUT2D eigenvalue weighted by Crippen LogP contribution is -2.41. The van der Waals surface area contributed by atoms with Gasteiger partial charge in [-0.25, -0.2) is 8.78 Å². The van der Waals surface area contributed by atoms with Crippen molar-refractivity contribution in [1.29, 1.82) is 0 Å². The van der Waals surface area contributed by atoms with E-state index in [1.54, 1.807) is 0 Å². The Morgan fingerprint density at radius 1 is 0.750 bits per heavy atom. The first-order chi connectivity index (χ1) is 13.1. The molecule has 144 valence electrons. The number of hydrogen-bond donors (Lipinski definition) is 1. The highest BCUT2D eigenvalue weighted by Crippen LogP contribution is 2.36. The summed E-state index contributed by atoms with van der Waals surface area (Å²) in [6.45, 7) is 8.08. The van der Waals surface area contributed by atoms with Gasteiger partial charge in [0.15, 0.2) is 0 Å². The highest BCUT2D eigenvalue weighted by atomic mass is 19.1. The van der Waals surface area contributed by atoms with E-state index in [1.165, 1.54) is 12.1 Å². The van der Waals surface area contributed by atoms with Crippen LogP contribution >= 0.6 is 0 Å². The molecule has 1 aliphatic rings. The number of nitrogens with two attached hydrogens (primary N) is 1. The van der Waals surface area contributed by atoms with Gasteiger partial charge in [0.05, 0.1) is 11.2 Å². The van der Waals surface area contributed by atoms with Gasteiger partial charge in [0.25, 0.3) is 0 Å². The molecule has 28 heavy (non-hydrogen) atoms. The Labute approximate surface area is 163 Å². The van der Waals surface area contributed by atoms with E-state index in [1.807, 2.05) is 64.1 Å². The molecule has 3 aromatic rings. The van der Waals surface area contributed by atoms with E-state index < -0.39 is 35.6 Å². The van der Waals surface area contributed by atoms with Crippen molar-refractivity contribution in [3.8, 4) is 11.1 Å². The Hall–Kier alpha value is -2.44. The zero-order chi connectivity index (χ0) is 20.3. The van der Waals surface area contributed by atoms with Crippen molar-refractivity contribution >= 4 is 29.0 Å². The molecule has 1 saturated heterocycles. The van der Waals surface area contributed by atoms with Gasteiger partial charge in [-0.2, -0.15) is 0 Å². The van der Waals surface area contributed by atoms with Gasteiger partial charge in [-0.3, -0.25) is 0 Å². The fourth-order valence-electron chi connectivity index (χ4n) is 3.32. The summed E-state index contributed by atoms with van der Waals surface area (Å²) in [5, 5.41) is 1.95. The predicted octanol–water partition coefficient (Wildman–Crippen LogP) is 4.67. The third-order valence-electron chi connectivity index (χ3n) is 5.80. The summed E-state index contributed by atoms with van der Waals surface area (Å²) in [5.41, 5.74) is 6.19. The van der Waals surface area contributed by atoms with Crippen LogP contribution in [0.5, 0.6) is 0 Å². The maximum Gasteiger partial charge on any atom is 0.494 e. The number of benzene rings is 3. The Kier molecular flexibility index (Phi) is 4.25. The fraction of sp³-hybridized carbons (Fsp3) is 0.273. The van der Waals surface area contributed by atoms with E-state index in [-0.39, 0.29) is 0 Å². The summed E-state index contributed by atoms with van der Waals surface area (Å²) in [4.78, 5) is 0. The molecule has 0 amide bonds. The smallest absolute Gasteiger partial charge is 0.399 e. The summed E-state index contributed by atoms with van der Waals surface area (Å²) in [5.74, 6) is -1.52. The molecule has 6 heteroatoms. The van der Waals surface area contributed by atoms with E-state index in [0.717, 1.165) is 16.2 Å². The Morgan fingerprint density at radius 2 is 1.29 bits per heavy atom. The second-order valence-electron chi connectivity index (χ2n) is 8.26. The average Bonchev–Trinajstić information content (AvgIpc) is 2.86. The quantitative estimate of drug-likeness (QED) is 0.519. The van der Waals surface area contributed by atoms with Crippen molar-refractivity contribution in [2.75, 3.05) is 5.73 Å². The largest absolute Gasteiger partial charge is 0.494 e. The van der Waals surface area contributed by atoms with Crippen LogP contribution in [0.4, 0.5) is 14.5 Å². The van der Waals surface area contributed by atoms with Gasteiger partial charge in [-0.1, -0.05) is 30.3 Å². The molecular formula is C22H22BF2NO2. The Balaban J connectivity index is 1.69. The highest BCUT2D eigenvalue weighted by molar-refractivity contribution is 6.62. The molecule has 3 nitrogen and oxygen atoms in total. The SMILES string of the molecule is CC1(C)OB(c2ccc3cc(-c4cc(F)c(N)c(F)c4)ccc3c2)OC1(C)C. The van der Waals surface area contributed by atoms with Crippen molar-refractivity contribution in [3.63, 3.8) is 0 Å². The molecule has 0 spiro atoms. The second-order valence-corrected chi connectivity index (χ2v) is 8.26. The molecule has 0 aliphatic carbocycles. The summed E-state index contributed by atoms with van der Waals surface area (Å²) in [6, 6.07) is 14.1. The van der Waals surface area contributed by atoms with Gasteiger partial charge < -0.3 is 15.0 Å². The molecule has 0 atom stereocenters. The van der Waals surface area contributed by atoms with Gasteiger partial charge in [-0.05, 0) is 73.3 Å². The lowest BCUT2D eigenvalue weighted by molar-refractivity contribution is 0.00578. The fourth-order valence-corrected chi connectivity index (χ4v) is 3.32. The maximum absolute atomic E-state index is 13.8. The van der Waals surface area contributed by atoms with Crippen molar-refractivity contribution in [1.82, 2.24) is 0 Å². The topological polar surface area (TPSA) is 44.5 Å². The van der Waals surface area contributed by atoms with E-state index in [9.17, 15) is 8.78 Å². The van der Waals surface area contributed by atoms with Crippen LogP contribution in [0.15, 0.2) is 48.5 Å². The lowest BCUT2D eigenvalue weighted by Gasteiger charge is -2.32. The molecule has 0 aromatic heterocycles. The van der Waals surface area contributed by atoms with Gasteiger partial charge in [-0.15, -0.1) is 0 Å². The molecule has 3 aromatic carbocycles. The zero-order valence-corrected chi connectivity index (χ0v) is 16.3. The number of anilines is 1. The van der Waals surface area contributed by atoms with Crippen molar-refractivity contribution in [2.45, 2.75) is 38.9 Å². The summed E-state index contributed by atoms with van der Waals surface area (Å²) >= 11 is 0. The van der Waals surface area contributed by atoms with Crippen molar-refractivity contribution in [3.05, 3.63) is 60.2 Å². The second kappa shape index (κ2) is 6.29. The van der Waals surface area contributed by atoms with Crippen LogP contribution in [0.25, 0.3) is 21.9 Å². The number of hydrogen-bond acceptors (Lipinski definition) is 3. The van der Waals surface area contributed by atoms with Gasteiger partial charge >= 0.3 is 7.12 Å². The molecule has 0 saturated carbocycles.